The van der Waals surface area contributed by atoms with E-state index in [0.717, 1.165) is 24.9 Å². The van der Waals surface area contributed by atoms with E-state index in [0.29, 0.717) is 18.8 Å². The Balaban J connectivity index is 1.84. The molecule has 1 amide bonds. The normalized spacial score (nSPS) is 18.0. The molecule has 6 heteroatoms. The number of ether oxygens (including phenoxy) is 1. The third-order valence-electron chi connectivity index (χ3n) is 3.78. The molecule has 1 atom stereocenters. The van der Waals surface area contributed by atoms with Crippen molar-refractivity contribution in [2.45, 2.75) is 51.8 Å². The quantitative estimate of drug-likeness (QED) is 0.679. The average Bonchev–Trinajstić information content (AvgIpc) is 2.53. The number of hydrogen-bond donors (Lipinski definition) is 1. The number of carbonyl (C=O) groups is 1. The predicted molar refractivity (Wildman–Crippen MR) is 91.9 cm³/mol. The minimum absolute atomic E-state index is 0.245. The van der Waals surface area contributed by atoms with Crippen molar-refractivity contribution in [2.24, 2.45) is 4.99 Å². The Kier molecular flexibility index (Phi) is 6.12. The highest BCUT2D eigenvalue weighted by Crippen LogP contribution is 2.16. The van der Waals surface area contributed by atoms with E-state index in [2.05, 4.69) is 10.3 Å². The molecule has 1 aliphatic heterocycles. The molecule has 1 saturated heterocycles. The van der Waals surface area contributed by atoms with Crippen LogP contribution in [-0.4, -0.2) is 41.8 Å². The maximum absolute atomic E-state index is 12.2. The fourth-order valence-electron chi connectivity index (χ4n) is 2.64. The number of aliphatic imine (C=N–C) groups is 1. The number of piperidine rings is 1. The third kappa shape index (κ3) is 5.80. The van der Waals surface area contributed by atoms with Gasteiger partial charge in [-0.2, -0.15) is 4.99 Å². The average molecular weight is 331 g/mol. The van der Waals surface area contributed by atoms with Gasteiger partial charge in [0, 0.05) is 25.7 Å². The maximum atomic E-state index is 12.2. The van der Waals surface area contributed by atoms with Crippen LogP contribution in [0.5, 0.6) is 0 Å². The molecule has 6 nitrogen and oxygen atoms in total. The van der Waals surface area contributed by atoms with E-state index < -0.39 is 5.60 Å². The zero-order chi connectivity index (χ0) is 17.6. The zero-order valence-corrected chi connectivity index (χ0v) is 14.5. The molecule has 24 heavy (non-hydrogen) atoms. The van der Waals surface area contributed by atoms with E-state index in [9.17, 15) is 9.59 Å². The molecule has 1 aromatic rings. The van der Waals surface area contributed by atoms with Gasteiger partial charge in [0.1, 0.15) is 5.60 Å². The van der Waals surface area contributed by atoms with Crippen molar-refractivity contribution >= 4 is 17.9 Å². The first-order valence-corrected chi connectivity index (χ1v) is 8.25. The van der Waals surface area contributed by atoms with Crippen LogP contribution in [0.3, 0.4) is 0 Å². The summed E-state index contributed by atoms with van der Waals surface area (Å²) in [7, 11) is 0. The zero-order valence-electron chi connectivity index (χ0n) is 14.5. The molecule has 1 fully saturated rings. The molecular formula is C18H25N3O3. The number of benzene rings is 1. The second-order valence-electron chi connectivity index (χ2n) is 7.02. The lowest BCUT2D eigenvalue weighted by atomic mass is 10.1. The molecule has 0 radical (unpaired) electrons. The van der Waals surface area contributed by atoms with Crippen LogP contribution in [0.25, 0.3) is 0 Å². The summed E-state index contributed by atoms with van der Waals surface area (Å²) in [6, 6.07) is 7.68. The van der Waals surface area contributed by atoms with E-state index in [4.69, 9.17) is 4.74 Å². The Labute approximate surface area is 142 Å². The van der Waals surface area contributed by atoms with Gasteiger partial charge in [-0.05, 0) is 51.3 Å². The van der Waals surface area contributed by atoms with Gasteiger partial charge in [-0.1, -0.05) is 12.1 Å². The molecule has 1 N–H and O–H groups in total. The van der Waals surface area contributed by atoms with E-state index in [-0.39, 0.29) is 12.1 Å². The number of carbonyl (C=O) groups excluding carboxylic acids is 2. The lowest BCUT2D eigenvalue weighted by molar-refractivity contribution is 0.0187. The highest BCUT2D eigenvalue weighted by Gasteiger charge is 2.27. The Morgan fingerprint density at radius 3 is 2.71 bits per heavy atom. The first-order chi connectivity index (χ1) is 11.4. The van der Waals surface area contributed by atoms with Gasteiger partial charge in [0.25, 0.3) is 0 Å². The SMILES string of the molecule is CC(C)(C)OC(=O)N1CCCC(NCc2ccc(N=C=O)cc2)C1. The van der Waals surface area contributed by atoms with Crippen molar-refractivity contribution in [3.63, 3.8) is 0 Å². The Bertz CT molecular complexity index is 601. The molecule has 1 aromatic carbocycles. The summed E-state index contributed by atoms with van der Waals surface area (Å²) in [5, 5.41) is 3.48. The van der Waals surface area contributed by atoms with Crippen molar-refractivity contribution in [1.82, 2.24) is 10.2 Å². The second-order valence-corrected chi connectivity index (χ2v) is 7.02. The summed E-state index contributed by atoms with van der Waals surface area (Å²) in [6.45, 7) is 7.74. The van der Waals surface area contributed by atoms with E-state index in [1.54, 1.807) is 17.0 Å². The van der Waals surface area contributed by atoms with Crippen LogP contribution in [0.1, 0.15) is 39.2 Å². The number of hydrogen-bond acceptors (Lipinski definition) is 5. The van der Waals surface area contributed by atoms with Crippen LogP contribution in [0.15, 0.2) is 29.3 Å². The molecule has 130 valence electrons. The number of amides is 1. The number of nitrogens with one attached hydrogen (secondary N) is 1. The minimum Gasteiger partial charge on any atom is -0.444 e. The number of rotatable bonds is 4. The van der Waals surface area contributed by atoms with Crippen LogP contribution < -0.4 is 5.32 Å². The monoisotopic (exact) mass is 331 g/mol. The molecule has 2 rings (SSSR count). The van der Waals surface area contributed by atoms with Crippen LogP contribution in [0.2, 0.25) is 0 Å². The highest BCUT2D eigenvalue weighted by molar-refractivity contribution is 5.68. The third-order valence-corrected chi connectivity index (χ3v) is 3.78. The van der Waals surface area contributed by atoms with Gasteiger partial charge >= 0.3 is 6.09 Å². The van der Waals surface area contributed by atoms with Crippen molar-refractivity contribution in [3.8, 4) is 0 Å². The van der Waals surface area contributed by atoms with Crippen molar-refractivity contribution < 1.29 is 14.3 Å². The van der Waals surface area contributed by atoms with Crippen molar-refractivity contribution in [3.05, 3.63) is 29.8 Å². The molecule has 0 aromatic heterocycles. The summed E-state index contributed by atoms with van der Waals surface area (Å²) in [5.41, 5.74) is 1.24. The van der Waals surface area contributed by atoms with E-state index >= 15 is 0 Å². The van der Waals surface area contributed by atoms with Gasteiger partial charge in [0.15, 0.2) is 0 Å². The first kappa shape index (κ1) is 18.2. The summed E-state index contributed by atoms with van der Waals surface area (Å²) in [6.07, 6.45) is 3.28. The van der Waals surface area contributed by atoms with Crippen molar-refractivity contribution in [2.75, 3.05) is 13.1 Å². The van der Waals surface area contributed by atoms with Gasteiger partial charge in [0.05, 0.1) is 5.69 Å². The van der Waals surface area contributed by atoms with Gasteiger partial charge < -0.3 is 15.0 Å². The summed E-state index contributed by atoms with van der Waals surface area (Å²) in [5.74, 6) is 0. The van der Waals surface area contributed by atoms with Crippen LogP contribution in [-0.2, 0) is 16.1 Å². The Morgan fingerprint density at radius 2 is 2.08 bits per heavy atom. The second kappa shape index (κ2) is 8.08. The largest absolute Gasteiger partial charge is 0.444 e. The van der Waals surface area contributed by atoms with Gasteiger partial charge in [0.2, 0.25) is 6.08 Å². The fraction of sp³-hybridized carbons (Fsp3) is 0.556. The molecule has 0 spiro atoms. The molecule has 1 aliphatic rings. The number of likely N-dealkylation sites (tertiary alicyclic amines) is 1. The number of isocyanates is 1. The smallest absolute Gasteiger partial charge is 0.410 e. The van der Waals surface area contributed by atoms with Crippen LogP contribution in [0.4, 0.5) is 10.5 Å². The van der Waals surface area contributed by atoms with Crippen LogP contribution >= 0.6 is 0 Å². The highest BCUT2D eigenvalue weighted by atomic mass is 16.6. The molecule has 1 heterocycles. The topological polar surface area (TPSA) is 71.0 Å². The van der Waals surface area contributed by atoms with E-state index in [1.165, 1.54) is 6.08 Å². The molecule has 0 bridgehead atoms. The lowest BCUT2D eigenvalue weighted by Gasteiger charge is -2.34. The first-order valence-electron chi connectivity index (χ1n) is 8.25. The lowest BCUT2D eigenvalue weighted by Crippen LogP contribution is -2.49. The molecule has 0 saturated carbocycles. The summed E-state index contributed by atoms with van der Waals surface area (Å²) >= 11 is 0. The molecule has 0 aliphatic carbocycles. The van der Waals surface area contributed by atoms with Gasteiger partial charge in [-0.15, -0.1) is 0 Å². The number of nitrogens with zero attached hydrogens (tertiary/aromatic N) is 2. The van der Waals surface area contributed by atoms with E-state index in [1.807, 2.05) is 32.9 Å². The minimum atomic E-state index is -0.469. The standard InChI is InChI=1S/C18H25N3O3/c1-18(2,3)24-17(23)21-10-4-5-16(12-21)19-11-14-6-8-15(9-7-14)20-13-22/h6-9,16,19H,4-5,10-12H2,1-3H3. The Hall–Kier alpha value is -2.17. The predicted octanol–water partition coefficient (Wildman–Crippen LogP) is 3.14. The Morgan fingerprint density at radius 1 is 1.38 bits per heavy atom. The summed E-state index contributed by atoms with van der Waals surface area (Å²) in [4.78, 5) is 27.7. The summed E-state index contributed by atoms with van der Waals surface area (Å²) < 4.78 is 5.44. The molecular weight excluding hydrogens is 306 g/mol. The maximum Gasteiger partial charge on any atom is 0.410 e. The fourth-order valence-corrected chi connectivity index (χ4v) is 2.64. The van der Waals surface area contributed by atoms with Crippen LogP contribution in [0, 0.1) is 0 Å². The van der Waals surface area contributed by atoms with Gasteiger partial charge in [-0.3, -0.25) is 0 Å². The van der Waals surface area contributed by atoms with Crippen molar-refractivity contribution in [1.29, 1.82) is 0 Å². The van der Waals surface area contributed by atoms with Gasteiger partial charge in [-0.25, -0.2) is 9.59 Å². The molecule has 1 unspecified atom stereocenters.